The lowest BCUT2D eigenvalue weighted by molar-refractivity contribution is 0.101. The van der Waals surface area contributed by atoms with Crippen LogP contribution in [0.25, 0.3) is 0 Å². The number of hydrogen-bond acceptors (Lipinski definition) is 4. The van der Waals surface area contributed by atoms with Crippen molar-refractivity contribution >= 4 is 0 Å². The number of furan rings is 1. The molecule has 1 unspecified atom stereocenters. The van der Waals surface area contributed by atoms with Crippen molar-refractivity contribution < 1.29 is 9.52 Å². The van der Waals surface area contributed by atoms with Gasteiger partial charge in [-0.25, -0.2) is 0 Å². The summed E-state index contributed by atoms with van der Waals surface area (Å²) in [7, 11) is 2.22. The Balaban J connectivity index is 1.55. The van der Waals surface area contributed by atoms with Crippen LogP contribution in [0.2, 0.25) is 0 Å². The van der Waals surface area contributed by atoms with Crippen LogP contribution in [-0.4, -0.2) is 41.1 Å². The van der Waals surface area contributed by atoms with E-state index in [9.17, 15) is 0 Å². The Hall–Kier alpha value is -1.62. The van der Waals surface area contributed by atoms with Crippen molar-refractivity contribution in [1.29, 1.82) is 0 Å². The van der Waals surface area contributed by atoms with Gasteiger partial charge in [-0.05, 0) is 44.1 Å². The van der Waals surface area contributed by atoms with E-state index in [4.69, 9.17) is 9.52 Å². The van der Waals surface area contributed by atoms with Gasteiger partial charge in [-0.15, -0.1) is 0 Å². The fourth-order valence-corrected chi connectivity index (χ4v) is 3.35. The van der Waals surface area contributed by atoms with E-state index in [1.165, 1.54) is 18.4 Å². The van der Waals surface area contributed by atoms with E-state index in [0.29, 0.717) is 11.8 Å². The summed E-state index contributed by atoms with van der Waals surface area (Å²) in [6.07, 6.45) is 2.47. The van der Waals surface area contributed by atoms with Crippen molar-refractivity contribution in [3.05, 3.63) is 59.5 Å². The molecule has 0 radical (unpaired) electrons. The van der Waals surface area contributed by atoms with Crippen molar-refractivity contribution in [2.45, 2.75) is 38.6 Å². The third-order valence-corrected chi connectivity index (χ3v) is 4.63. The summed E-state index contributed by atoms with van der Waals surface area (Å²) in [5.74, 6) is 1.59. The molecule has 1 aromatic heterocycles. The second-order valence-electron chi connectivity index (χ2n) is 6.46. The van der Waals surface area contributed by atoms with Crippen LogP contribution >= 0.6 is 0 Å². The quantitative estimate of drug-likeness (QED) is 0.890. The zero-order chi connectivity index (χ0) is 16.1. The first-order chi connectivity index (χ1) is 11.2. The van der Waals surface area contributed by atoms with Gasteiger partial charge >= 0.3 is 0 Å². The van der Waals surface area contributed by atoms with E-state index < -0.39 is 0 Å². The molecule has 2 aromatic rings. The first-order valence-electron chi connectivity index (χ1n) is 8.39. The highest BCUT2D eigenvalue weighted by molar-refractivity contribution is 5.14. The summed E-state index contributed by atoms with van der Waals surface area (Å²) in [6, 6.07) is 15.1. The average Bonchev–Trinajstić information content (AvgIpc) is 3.03. The van der Waals surface area contributed by atoms with E-state index in [-0.39, 0.29) is 6.61 Å². The van der Waals surface area contributed by atoms with Gasteiger partial charge in [0.25, 0.3) is 0 Å². The van der Waals surface area contributed by atoms with Crippen LogP contribution in [-0.2, 0) is 19.7 Å². The number of likely N-dealkylation sites (N-methyl/N-ethyl adjacent to an activating group) is 1. The lowest BCUT2D eigenvalue weighted by atomic mass is 10.0. The minimum absolute atomic E-state index is 0.0254. The summed E-state index contributed by atoms with van der Waals surface area (Å²) in [4.78, 5) is 4.92. The first-order valence-corrected chi connectivity index (χ1v) is 8.39. The fourth-order valence-electron chi connectivity index (χ4n) is 3.35. The SMILES string of the molecule is CN(Cc1ccccc1)C1CCCN(Cc2ccc(CO)o2)C1. The molecule has 1 saturated heterocycles. The van der Waals surface area contributed by atoms with Crippen LogP contribution in [0.15, 0.2) is 46.9 Å². The summed E-state index contributed by atoms with van der Waals surface area (Å²) < 4.78 is 5.62. The maximum Gasteiger partial charge on any atom is 0.129 e. The molecule has 0 bridgehead atoms. The fraction of sp³-hybridized carbons (Fsp3) is 0.474. The Morgan fingerprint density at radius 3 is 2.70 bits per heavy atom. The molecule has 0 amide bonds. The third-order valence-electron chi connectivity index (χ3n) is 4.63. The largest absolute Gasteiger partial charge is 0.462 e. The van der Waals surface area contributed by atoms with Crippen molar-refractivity contribution in [1.82, 2.24) is 9.80 Å². The smallest absolute Gasteiger partial charge is 0.129 e. The molecule has 1 fully saturated rings. The number of hydrogen-bond donors (Lipinski definition) is 1. The van der Waals surface area contributed by atoms with Crippen molar-refractivity contribution in [3.63, 3.8) is 0 Å². The van der Waals surface area contributed by atoms with Crippen molar-refractivity contribution in [2.75, 3.05) is 20.1 Å². The minimum atomic E-state index is -0.0254. The molecule has 4 nitrogen and oxygen atoms in total. The Morgan fingerprint density at radius 1 is 1.17 bits per heavy atom. The molecule has 0 spiro atoms. The van der Waals surface area contributed by atoms with Gasteiger partial charge in [0.2, 0.25) is 0 Å². The molecule has 4 heteroatoms. The number of rotatable bonds is 6. The Bertz CT molecular complexity index is 596. The van der Waals surface area contributed by atoms with E-state index in [1.54, 1.807) is 0 Å². The molecule has 0 aliphatic carbocycles. The molecule has 124 valence electrons. The summed E-state index contributed by atoms with van der Waals surface area (Å²) >= 11 is 0. The highest BCUT2D eigenvalue weighted by atomic mass is 16.4. The van der Waals surface area contributed by atoms with Gasteiger partial charge in [0.05, 0.1) is 6.54 Å². The Labute approximate surface area is 138 Å². The summed E-state index contributed by atoms with van der Waals surface area (Å²) in [5, 5.41) is 9.10. The van der Waals surface area contributed by atoms with Crippen molar-refractivity contribution in [3.8, 4) is 0 Å². The van der Waals surface area contributed by atoms with Gasteiger partial charge in [-0.2, -0.15) is 0 Å². The van der Waals surface area contributed by atoms with Crippen molar-refractivity contribution in [2.24, 2.45) is 0 Å². The van der Waals surface area contributed by atoms with Gasteiger partial charge < -0.3 is 9.52 Å². The molecular formula is C19H26N2O2. The summed E-state index contributed by atoms with van der Waals surface area (Å²) in [5.41, 5.74) is 1.37. The van der Waals surface area contributed by atoms with Crippen LogP contribution in [0.5, 0.6) is 0 Å². The van der Waals surface area contributed by atoms with Gasteiger partial charge in [0, 0.05) is 19.1 Å². The molecular weight excluding hydrogens is 288 g/mol. The molecule has 23 heavy (non-hydrogen) atoms. The molecule has 1 atom stereocenters. The first kappa shape index (κ1) is 16.2. The number of nitrogens with zero attached hydrogens (tertiary/aromatic N) is 2. The average molecular weight is 314 g/mol. The number of aliphatic hydroxyl groups excluding tert-OH is 1. The van der Waals surface area contributed by atoms with E-state index >= 15 is 0 Å². The number of aliphatic hydroxyl groups is 1. The van der Waals surface area contributed by atoms with Crippen LogP contribution in [0.1, 0.15) is 29.9 Å². The van der Waals surface area contributed by atoms with E-state index in [2.05, 4.69) is 47.2 Å². The molecule has 1 aromatic carbocycles. The standard InChI is InChI=1S/C19H26N2O2/c1-20(12-16-6-3-2-4-7-16)17-8-5-11-21(13-17)14-18-9-10-19(15-22)23-18/h2-4,6-7,9-10,17,22H,5,8,11-15H2,1H3. The van der Waals surface area contributed by atoms with Gasteiger partial charge in [-0.3, -0.25) is 9.80 Å². The minimum Gasteiger partial charge on any atom is -0.462 e. The van der Waals surface area contributed by atoms with E-state index in [1.807, 2.05) is 12.1 Å². The number of piperidine rings is 1. The molecule has 1 aliphatic heterocycles. The van der Waals surface area contributed by atoms with Crippen LogP contribution in [0.4, 0.5) is 0 Å². The predicted octanol–water partition coefficient (Wildman–Crippen LogP) is 2.87. The van der Waals surface area contributed by atoms with Crippen LogP contribution in [0, 0.1) is 0 Å². The summed E-state index contributed by atoms with van der Waals surface area (Å²) in [6.45, 7) is 3.98. The molecule has 1 N–H and O–H groups in total. The highest BCUT2D eigenvalue weighted by Gasteiger charge is 2.23. The lowest BCUT2D eigenvalue weighted by Crippen LogP contribution is -2.45. The topological polar surface area (TPSA) is 39.9 Å². The lowest BCUT2D eigenvalue weighted by Gasteiger charge is -2.37. The monoisotopic (exact) mass is 314 g/mol. The van der Waals surface area contributed by atoms with Crippen LogP contribution in [0.3, 0.4) is 0 Å². The number of benzene rings is 1. The highest BCUT2D eigenvalue weighted by Crippen LogP contribution is 2.19. The van der Waals surface area contributed by atoms with E-state index in [0.717, 1.165) is 31.9 Å². The Kier molecular flexibility index (Phi) is 5.49. The maximum absolute atomic E-state index is 9.10. The van der Waals surface area contributed by atoms with Gasteiger partial charge in [-0.1, -0.05) is 30.3 Å². The molecule has 2 heterocycles. The second-order valence-corrected chi connectivity index (χ2v) is 6.46. The zero-order valence-corrected chi connectivity index (χ0v) is 13.8. The molecule has 3 rings (SSSR count). The van der Waals surface area contributed by atoms with Crippen LogP contribution < -0.4 is 0 Å². The molecule has 0 saturated carbocycles. The van der Waals surface area contributed by atoms with Gasteiger partial charge in [0.1, 0.15) is 18.1 Å². The third kappa shape index (κ3) is 4.44. The number of likely N-dealkylation sites (tertiary alicyclic amines) is 1. The van der Waals surface area contributed by atoms with Gasteiger partial charge in [0.15, 0.2) is 0 Å². The zero-order valence-electron chi connectivity index (χ0n) is 13.8. The maximum atomic E-state index is 9.10. The Morgan fingerprint density at radius 2 is 1.96 bits per heavy atom. The predicted molar refractivity (Wildman–Crippen MR) is 90.8 cm³/mol. The molecule has 1 aliphatic rings. The normalized spacial score (nSPS) is 19.3. The second kappa shape index (κ2) is 7.77.